The van der Waals surface area contributed by atoms with Crippen LogP contribution in [0.25, 0.3) is 10.9 Å². The van der Waals surface area contributed by atoms with Crippen LogP contribution < -0.4 is 15.1 Å². The molecule has 0 bridgehead atoms. The number of piperidine rings is 1. The van der Waals surface area contributed by atoms with Crippen LogP contribution in [-0.2, 0) is 0 Å². The number of anilines is 1. The zero-order valence-electron chi connectivity index (χ0n) is 15.6. The lowest BCUT2D eigenvalue weighted by molar-refractivity contribution is -0.0470. The van der Waals surface area contributed by atoms with E-state index in [-0.39, 0.29) is 60.5 Å². The van der Waals surface area contributed by atoms with Crippen molar-refractivity contribution in [2.45, 2.75) is 43.4 Å². The molecule has 0 spiro atoms. The van der Waals surface area contributed by atoms with Crippen LogP contribution in [0.15, 0.2) is 17.1 Å². The van der Waals surface area contributed by atoms with Gasteiger partial charge in [0.25, 0.3) is 0 Å². The van der Waals surface area contributed by atoms with Gasteiger partial charge in [-0.2, -0.15) is 0 Å². The van der Waals surface area contributed by atoms with Crippen molar-refractivity contribution in [3.8, 4) is 5.75 Å². The molecule has 0 unspecified atom stereocenters. The van der Waals surface area contributed by atoms with Crippen molar-refractivity contribution in [3.63, 3.8) is 0 Å². The number of rotatable bonds is 3. The smallest absolute Gasteiger partial charge is 0.341 e. The molecule has 3 aliphatic rings. The van der Waals surface area contributed by atoms with Crippen molar-refractivity contribution in [3.05, 3.63) is 33.9 Å². The van der Waals surface area contributed by atoms with Crippen LogP contribution in [-0.4, -0.2) is 57.3 Å². The number of aliphatic hydroxyl groups is 2. The summed E-state index contributed by atoms with van der Waals surface area (Å²) in [5, 5.41) is 29.3. The lowest BCUT2D eigenvalue weighted by Crippen LogP contribution is -2.56. The normalized spacial score (nSPS) is 26.0. The lowest BCUT2D eigenvalue weighted by atomic mass is 9.86. The van der Waals surface area contributed by atoms with E-state index in [0.717, 1.165) is 18.9 Å². The molecular weight excluding hydrogens is 383 g/mol. The van der Waals surface area contributed by atoms with E-state index < -0.39 is 22.8 Å². The minimum absolute atomic E-state index is 0.00428. The number of nitrogens with zero attached hydrogens (tertiary/aromatic N) is 2. The quantitative estimate of drug-likeness (QED) is 0.706. The molecule has 2 atom stereocenters. The van der Waals surface area contributed by atoms with E-state index in [2.05, 4.69) is 0 Å². The molecule has 3 heterocycles. The molecule has 9 heteroatoms. The molecule has 8 nitrogen and oxygen atoms in total. The fraction of sp³-hybridized carbons (Fsp3) is 0.500. The van der Waals surface area contributed by atoms with Gasteiger partial charge in [-0.25, -0.2) is 9.18 Å². The Balaban J connectivity index is 1.73. The van der Waals surface area contributed by atoms with Crippen LogP contribution in [0.3, 0.4) is 0 Å². The molecule has 2 aliphatic heterocycles. The number of fused-ring (bicyclic) bond motifs is 5. The number of ether oxygens (including phenoxy) is 1. The zero-order valence-corrected chi connectivity index (χ0v) is 15.6. The number of halogens is 1. The molecule has 29 heavy (non-hydrogen) atoms. The highest BCUT2D eigenvalue weighted by molar-refractivity contribution is 5.97. The van der Waals surface area contributed by atoms with E-state index >= 15 is 4.39 Å². The Bertz CT molecular complexity index is 1090. The first-order valence-corrected chi connectivity index (χ1v) is 9.70. The number of pyridine rings is 1. The van der Waals surface area contributed by atoms with E-state index in [1.165, 1.54) is 6.20 Å². The maximum absolute atomic E-state index is 15.2. The summed E-state index contributed by atoms with van der Waals surface area (Å²) in [6.07, 6.45) is 3.55. The van der Waals surface area contributed by atoms with Gasteiger partial charge in [0.05, 0.1) is 29.2 Å². The van der Waals surface area contributed by atoms with Crippen LogP contribution >= 0.6 is 0 Å². The summed E-state index contributed by atoms with van der Waals surface area (Å²) in [6.45, 7) is 0.137. The summed E-state index contributed by atoms with van der Waals surface area (Å²) < 4.78 is 22.8. The molecule has 2 aromatic rings. The molecule has 0 radical (unpaired) electrons. The fourth-order valence-corrected chi connectivity index (χ4v) is 4.57. The first-order chi connectivity index (χ1) is 13.8. The number of aromatic carboxylic acids is 1. The maximum Gasteiger partial charge on any atom is 0.341 e. The lowest BCUT2D eigenvalue weighted by Gasteiger charge is -2.47. The molecule has 1 saturated carbocycles. The standard InChI is InChI=1S/C20H21FN2O6/c21-14-5-12-15(23(10-1-2-10)7-13(17(12)25)19(26)27)18-16(14)22-4-3-20(28,9-24)6-11(22)8-29-18/h5,7,10-11,24,28H,1-4,6,8-9H2,(H,26,27)/t11-,20-/m1/s1. The highest BCUT2D eigenvalue weighted by atomic mass is 19.1. The average molecular weight is 404 g/mol. The van der Waals surface area contributed by atoms with Gasteiger partial charge in [-0.05, 0) is 25.3 Å². The van der Waals surface area contributed by atoms with E-state index in [0.29, 0.717) is 12.1 Å². The first-order valence-electron chi connectivity index (χ1n) is 9.70. The summed E-state index contributed by atoms with van der Waals surface area (Å²) in [5.74, 6) is -1.76. The number of aromatic nitrogens is 1. The molecule has 1 aliphatic carbocycles. The van der Waals surface area contributed by atoms with Crippen molar-refractivity contribution >= 4 is 22.6 Å². The second kappa shape index (κ2) is 6.17. The van der Waals surface area contributed by atoms with Crippen molar-refractivity contribution in [2.75, 3.05) is 24.7 Å². The van der Waals surface area contributed by atoms with Crippen molar-refractivity contribution in [1.29, 1.82) is 0 Å². The monoisotopic (exact) mass is 404 g/mol. The molecule has 5 rings (SSSR count). The summed E-state index contributed by atoms with van der Waals surface area (Å²) in [4.78, 5) is 26.1. The van der Waals surface area contributed by atoms with Gasteiger partial charge in [-0.15, -0.1) is 0 Å². The summed E-state index contributed by atoms with van der Waals surface area (Å²) in [5.41, 5.74) is -1.69. The topological polar surface area (TPSA) is 112 Å². The predicted octanol–water partition coefficient (Wildman–Crippen LogP) is 1.26. The number of benzene rings is 1. The molecule has 1 aromatic heterocycles. The fourth-order valence-electron chi connectivity index (χ4n) is 4.57. The number of carbonyl (C=O) groups is 1. The molecule has 1 aromatic carbocycles. The van der Waals surface area contributed by atoms with Gasteiger partial charge in [0.15, 0.2) is 11.6 Å². The average Bonchev–Trinajstić information content (AvgIpc) is 3.53. The Kier molecular flexibility index (Phi) is 3.91. The third-order valence-electron chi connectivity index (χ3n) is 6.24. The summed E-state index contributed by atoms with van der Waals surface area (Å²) >= 11 is 0. The Morgan fingerprint density at radius 1 is 1.34 bits per heavy atom. The van der Waals surface area contributed by atoms with Gasteiger partial charge >= 0.3 is 5.97 Å². The van der Waals surface area contributed by atoms with Crippen LogP contribution in [0, 0.1) is 5.82 Å². The second-order valence-electron chi connectivity index (χ2n) is 8.24. The van der Waals surface area contributed by atoms with Gasteiger partial charge in [0.2, 0.25) is 5.43 Å². The third kappa shape index (κ3) is 2.71. The third-order valence-corrected chi connectivity index (χ3v) is 6.24. The van der Waals surface area contributed by atoms with Gasteiger partial charge in [0, 0.05) is 25.2 Å². The molecule has 154 valence electrons. The van der Waals surface area contributed by atoms with Crippen molar-refractivity contribution in [1.82, 2.24) is 4.57 Å². The Morgan fingerprint density at radius 3 is 2.76 bits per heavy atom. The van der Waals surface area contributed by atoms with Gasteiger partial charge < -0.3 is 29.5 Å². The molecule has 0 amide bonds. The van der Waals surface area contributed by atoms with Crippen LogP contribution in [0.1, 0.15) is 42.1 Å². The highest BCUT2D eigenvalue weighted by Crippen LogP contribution is 2.47. The van der Waals surface area contributed by atoms with Crippen molar-refractivity contribution in [2.24, 2.45) is 0 Å². The number of aliphatic hydroxyl groups excluding tert-OH is 1. The molecule has 3 N–H and O–H groups in total. The number of hydrogen-bond acceptors (Lipinski definition) is 6. The Hall–Kier alpha value is -2.65. The summed E-state index contributed by atoms with van der Waals surface area (Å²) in [7, 11) is 0. The van der Waals surface area contributed by atoms with E-state index in [1.807, 2.05) is 4.90 Å². The van der Waals surface area contributed by atoms with Gasteiger partial charge in [-0.3, -0.25) is 4.79 Å². The molecule has 2 fully saturated rings. The maximum atomic E-state index is 15.2. The largest absolute Gasteiger partial charge is 0.487 e. The highest BCUT2D eigenvalue weighted by Gasteiger charge is 2.43. The minimum Gasteiger partial charge on any atom is -0.487 e. The van der Waals surface area contributed by atoms with E-state index in [4.69, 9.17) is 4.74 Å². The second-order valence-corrected chi connectivity index (χ2v) is 8.24. The van der Waals surface area contributed by atoms with Gasteiger partial charge in [-0.1, -0.05) is 0 Å². The molecular formula is C20H21FN2O6. The van der Waals surface area contributed by atoms with Crippen molar-refractivity contribution < 1.29 is 29.2 Å². The van der Waals surface area contributed by atoms with E-state index in [9.17, 15) is 24.9 Å². The zero-order chi connectivity index (χ0) is 20.5. The number of carboxylic acid groups (broad SMARTS) is 1. The summed E-state index contributed by atoms with van der Waals surface area (Å²) in [6, 6.07) is 0.841. The van der Waals surface area contributed by atoms with E-state index in [1.54, 1.807) is 4.57 Å². The van der Waals surface area contributed by atoms with Gasteiger partial charge in [0.1, 0.15) is 17.9 Å². The van der Waals surface area contributed by atoms with Crippen LogP contribution in [0.2, 0.25) is 0 Å². The van der Waals surface area contributed by atoms with Crippen LogP contribution in [0.5, 0.6) is 5.75 Å². The number of carboxylic acids is 1. The SMILES string of the molecule is O=C(O)c1cn(C2CC2)c2c3c(c(F)cc2c1=O)N1CC[C@](O)(CO)C[C@@H]1CO3. The number of hydrogen-bond donors (Lipinski definition) is 3. The Morgan fingerprint density at radius 2 is 2.10 bits per heavy atom. The Labute approximate surface area is 164 Å². The van der Waals surface area contributed by atoms with Crippen LogP contribution in [0.4, 0.5) is 10.1 Å². The first kappa shape index (κ1) is 18.4. The predicted molar refractivity (Wildman–Crippen MR) is 101 cm³/mol. The minimum atomic E-state index is -1.34. The molecule has 1 saturated heterocycles.